The van der Waals surface area contributed by atoms with Gasteiger partial charge in [-0.25, -0.2) is 0 Å². The number of aromatic nitrogens is 1. The Kier molecular flexibility index (Phi) is 4.77. The lowest BCUT2D eigenvalue weighted by molar-refractivity contribution is 0.102. The van der Waals surface area contributed by atoms with E-state index in [1.807, 2.05) is 0 Å². The number of nitrogens with one attached hydrogen (secondary N) is 2. The molecule has 1 aromatic heterocycles. The second-order valence-electron chi connectivity index (χ2n) is 4.03. The van der Waals surface area contributed by atoms with Gasteiger partial charge < -0.3 is 15.4 Å². The summed E-state index contributed by atoms with van der Waals surface area (Å²) in [5.41, 5.74) is 0.475. The molecule has 0 saturated heterocycles. The van der Waals surface area contributed by atoms with Crippen LogP contribution in [-0.2, 0) is 0 Å². The fourth-order valence-electron chi connectivity index (χ4n) is 1.65. The van der Waals surface area contributed by atoms with Crippen LogP contribution in [-0.4, -0.2) is 22.6 Å². The summed E-state index contributed by atoms with van der Waals surface area (Å²) >= 11 is 5.88. The summed E-state index contributed by atoms with van der Waals surface area (Å²) in [5.74, 6) is 4.62. The number of benzene rings is 1. The molecule has 3 N–H and O–H groups in total. The maximum atomic E-state index is 12.1. The standard InChI is InChI=1S/C15H11ClN2O3/c16-11-3-4-13(10(8-11)2-1-7-19)18-15(21)12-9-17-6-5-14(12)20/h3-6,8-9,19H,7H2,(H,17,20)(H,18,21). The summed E-state index contributed by atoms with van der Waals surface area (Å²) in [6.07, 6.45) is 2.77. The van der Waals surface area contributed by atoms with Crippen molar-refractivity contribution in [2.45, 2.75) is 0 Å². The first-order chi connectivity index (χ1) is 10.1. The number of anilines is 1. The van der Waals surface area contributed by atoms with Gasteiger partial charge in [0, 0.05) is 29.0 Å². The van der Waals surface area contributed by atoms with Gasteiger partial charge in [-0.3, -0.25) is 9.59 Å². The number of aromatic amines is 1. The van der Waals surface area contributed by atoms with Crippen LogP contribution in [0, 0.1) is 11.8 Å². The van der Waals surface area contributed by atoms with Crippen LogP contribution >= 0.6 is 11.6 Å². The van der Waals surface area contributed by atoms with E-state index in [9.17, 15) is 9.59 Å². The quantitative estimate of drug-likeness (QED) is 0.737. The smallest absolute Gasteiger partial charge is 0.261 e. The van der Waals surface area contributed by atoms with Gasteiger partial charge in [0.2, 0.25) is 0 Å². The Labute approximate surface area is 125 Å². The van der Waals surface area contributed by atoms with Gasteiger partial charge in [0.25, 0.3) is 5.91 Å². The van der Waals surface area contributed by atoms with Crippen LogP contribution in [0.15, 0.2) is 41.5 Å². The lowest BCUT2D eigenvalue weighted by Crippen LogP contribution is -2.21. The molecule has 5 nitrogen and oxygen atoms in total. The number of hydrogen-bond donors (Lipinski definition) is 3. The molecule has 0 spiro atoms. The monoisotopic (exact) mass is 302 g/mol. The number of aliphatic hydroxyl groups is 1. The van der Waals surface area contributed by atoms with Crippen LogP contribution in [0.5, 0.6) is 0 Å². The first-order valence-corrected chi connectivity index (χ1v) is 6.37. The lowest BCUT2D eigenvalue weighted by Gasteiger charge is -2.07. The number of amides is 1. The average molecular weight is 303 g/mol. The largest absolute Gasteiger partial charge is 0.384 e. The molecule has 0 aliphatic rings. The molecule has 0 unspecified atom stereocenters. The van der Waals surface area contributed by atoms with E-state index < -0.39 is 5.91 Å². The molecule has 0 bridgehead atoms. The molecule has 0 atom stereocenters. The van der Waals surface area contributed by atoms with Crippen molar-refractivity contribution in [3.8, 4) is 11.8 Å². The molecule has 6 heteroatoms. The molecule has 1 amide bonds. The van der Waals surface area contributed by atoms with E-state index in [4.69, 9.17) is 16.7 Å². The van der Waals surface area contributed by atoms with E-state index in [1.165, 1.54) is 18.5 Å². The minimum Gasteiger partial charge on any atom is -0.384 e. The lowest BCUT2D eigenvalue weighted by atomic mass is 10.1. The number of rotatable bonds is 2. The predicted octanol–water partition coefficient (Wildman–Crippen LogP) is 1.62. The van der Waals surface area contributed by atoms with Gasteiger partial charge in [-0.2, -0.15) is 0 Å². The number of carbonyl (C=O) groups is 1. The van der Waals surface area contributed by atoms with Crippen LogP contribution in [0.3, 0.4) is 0 Å². The fourth-order valence-corrected chi connectivity index (χ4v) is 1.82. The molecule has 2 aromatic rings. The molecule has 21 heavy (non-hydrogen) atoms. The van der Waals surface area contributed by atoms with Crippen molar-refractivity contribution in [3.05, 3.63) is 63.0 Å². The predicted molar refractivity (Wildman–Crippen MR) is 80.4 cm³/mol. The van der Waals surface area contributed by atoms with E-state index in [0.29, 0.717) is 16.3 Å². The Morgan fingerprint density at radius 1 is 1.38 bits per heavy atom. The van der Waals surface area contributed by atoms with Crippen LogP contribution in [0.4, 0.5) is 5.69 Å². The Morgan fingerprint density at radius 2 is 2.19 bits per heavy atom. The number of aliphatic hydroxyl groups excluding tert-OH is 1. The number of halogens is 1. The molecular formula is C15H11ClN2O3. The second kappa shape index (κ2) is 6.75. The van der Waals surface area contributed by atoms with Crippen LogP contribution in [0.1, 0.15) is 15.9 Å². The first-order valence-electron chi connectivity index (χ1n) is 5.99. The molecule has 1 heterocycles. The Bertz CT molecular complexity index is 787. The van der Waals surface area contributed by atoms with Gasteiger partial charge in [-0.1, -0.05) is 23.4 Å². The highest BCUT2D eigenvalue weighted by atomic mass is 35.5. The third kappa shape index (κ3) is 3.72. The first kappa shape index (κ1) is 14.9. The highest BCUT2D eigenvalue weighted by Crippen LogP contribution is 2.20. The highest BCUT2D eigenvalue weighted by molar-refractivity contribution is 6.30. The topological polar surface area (TPSA) is 82.2 Å². The number of pyridine rings is 1. The van der Waals surface area contributed by atoms with Gasteiger partial charge >= 0.3 is 0 Å². The van der Waals surface area contributed by atoms with Crippen molar-refractivity contribution >= 4 is 23.2 Å². The zero-order valence-corrected chi connectivity index (χ0v) is 11.6. The molecule has 2 rings (SSSR count). The zero-order valence-electron chi connectivity index (χ0n) is 10.8. The zero-order chi connectivity index (χ0) is 15.2. The van der Waals surface area contributed by atoms with E-state index in [2.05, 4.69) is 22.1 Å². The minimum absolute atomic E-state index is 0.00600. The molecule has 0 radical (unpaired) electrons. The number of H-pyrrole nitrogens is 1. The molecule has 1 aromatic carbocycles. The summed E-state index contributed by atoms with van der Waals surface area (Å²) in [6, 6.07) is 6.01. The summed E-state index contributed by atoms with van der Waals surface area (Å²) in [7, 11) is 0. The summed E-state index contributed by atoms with van der Waals surface area (Å²) in [6.45, 7) is -0.307. The van der Waals surface area contributed by atoms with Gasteiger partial charge in [0.1, 0.15) is 12.2 Å². The van der Waals surface area contributed by atoms with Gasteiger partial charge in [0.15, 0.2) is 5.43 Å². The van der Waals surface area contributed by atoms with Crippen LogP contribution in [0.25, 0.3) is 0 Å². The Hall–Kier alpha value is -2.55. The summed E-state index contributed by atoms with van der Waals surface area (Å²) in [5, 5.41) is 11.8. The van der Waals surface area contributed by atoms with Gasteiger partial charge in [-0.05, 0) is 18.2 Å². The minimum atomic E-state index is -0.550. The summed E-state index contributed by atoms with van der Waals surface area (Å²) < 4.78 is 0. The van der Waals surface area contributed by atoms with E-state index >= 15 is 0 Å². The van der Waals surface area contributed by atoms with Gasteiger partial charge in [0.05, 0.1) is 5.69 Å². The second-order valence-corrected chi connectivity index (χ2v) is 4.46. The SMILES string of the molecule is O=C(Nc1ccc(Cl)cc1C#CCO)c1c[nH]ccc1=O. The Morgan fingerprint density at radius 3 is 2.90 bits per heavy atom. The van der Waals surface area contributed by atoms with Gasteiger partial charge in [-0.15, -0.1) is 0 Å². The third-order valence-corrected chi connectivity index (χ3v) is 2.84. The van der Waals surface area contributed by atoms with E-state index in [0.717, 1.165) is 0 Å². The number of carbonyl (C=O) groups excluding carboxylic acids is 1. The van der Waals surface area contributed by atoms with Crippen molar-refractivity contribution < 1.29 is 9.90 Å². The van der Waals surface area contributed by atoms with Crippen molar-refractivity contribution in [1.82, 2.24) is 4.98 Å². The maximum Gasteiger partial charge on any atom is 0.261 e. The van der Waals surface area contributed by atoms with Crippen molar-refractivity contribution in [2.24, 2.45) is 0 Å². The summed E-state index contributed by atoms with van der Waals surface area (Å²) in [4.78, 5) is 26.4. The van der Waals surface area contributed by atoms with Crippen molar-refractivity contribution in [1.29, 1.82) is 0 Å². The fraction of sp³-hybridized carbons (Fsp3) is 0.0667. The third-order valence-electron chi connectivity index (χ3n) is 2.60. The van der Waals surface area contributed by atoms with Crippen molar-refractivity contribution in [3.63, 3.8) is 0 Å². The van der Waals surface area contributed by atoms with Crippen LogP contribution in [0.2, 0.25) is 5.02 Å². The molecule has 0 aliphatic heterocycles. The normalized spacial score (nSPS) is 9.62. The Balaban J connectivity index is 2.33. The van der Waals surface area contributed by atoms with Crippen LogP contribution < -0.4 is 10.7 Å². The average Bonchev–Trinajstić information content (AvgIpc) is 2.47. The van der Waals surface area contributed by atoms with E-state index in [-0.39, 0.29) is 17.6 Å². The maximum absolute atomic E-state index is 12.1. The highest BCUT2D eigenvalue weighted by Gasteiger charge is 2.11. The van der Waals surface area contributed by atoms with E-state index in [1.54, 1.807) is 18.2 Å². The molecular weight excluding hydrogens is 292 g/mol. The molecule has 0 fully saturated rings. The number of hydrogen-bond acceptors (Lipinski definition) is 3. The van der Waals surface area contributed by atoms with Crippen molar-refractivity contribution in [2.75, 3.05) is 11.9 Å². The molecule has 0 aliphatic carbocycles. The molecule has 106 valence electrons. The molecule has 0 saturated carbocycles.